The van der Waals surface area contributed by atoms with Crippen molar-refractivity contribution in [1.82, 2.24) is 0 Å². The zero-order valence-electron chi connectivity index (χ0n) is 15.1. The Kier molecular flexibility index (Phi) is 4.35. The SMILES string of the molecule is COc1ccc2c(COC(=O)c3oc4c(F)cccc4c3C)cc(=O)oc2c1. The predicted molar refractivity (Wildman–Crippen MR) is 99.1 cm³/mol. The average Bonchev–Trinajstić information content (AvgIpc) is 3.03. The molecule has 0 spiro atoms. The Morgan fingerprint density at radius 2 is 1.93 bits per heavy atom. The predicted octanol–water partition coefficient (Wildman–Crippen LogP) is 4.35. The van der Waals surface area contributed by atoms with E-state index < -0.39 is 17.4 Å². The summed E-state index contributed by atoms with van der Waals surface area (Å²) in [6.45, 7) is 1.48. The maximum atomic E-state index is 13.9. The lowest BCUT2D eigenvalue weighted by atomic mass is 10.1. The fourth-order valence-electron chi connectivity index (χ4n) is 3.07. The lowest BCUT2D eigenvalue weighted by Gasteiger charge is -2.07. The molecule has 0 aliphatic carbocycles. The number of halogens is 1. The van der Waals surface area contributed by atoms with Crippen LogP contribution in [0.1, 0.15) is 21.7 Å². The van der Waals surface area contributed by atoms with Gasteiger partial charge >= 0.3 is 11.6 Å². The van der Waals surface area contributed by atoms with E-state index in [0.717, 1.165) is 0 Å². The van der Waals surface area contributed by atoms with Gasteiger partial charge in [0.15, 0.2) is 11.4 Å². The number of aryl methyl sites for hydroxylation is 1. The van der Waals surface area contributed by atoms with Crippen molar-refractivity contribution in [2.75, 3.05) is 7.11 Å². The molecule has 0 fully saturated rings. The summed E-state index contributed by atoms with van der Waals surface area (Å²) in [6.07, 6.45) is 0. The van der Waals surface area contributed by atoms with Crippen molar-refractivity contribution in [3.8, 4) is 5.75 Å². The molecular formula is C21H15FO6. The van der Waals surface area contributed by atoms with Gasteiger partial charge in [-0.05, 0) is 25.1 Å². The molecule has 28 heavy (non-hydrogen) atoms. The number of carbonyl (C=O) groups excluding carboxylic acids is 1. The molecule has 0 radical (unpaired) electrons. The number of hydrogen-bond donors (Lipinski definition) is 0. The van der Waals surface area contributed by atoms with Crippen LogP contribution in [0, 0.1) is 12.7 Å². The van der Waals surface area contributed by atoms with Crippen molar-refractivity contribution >= 4 is 27.9 Å². The van der Waals surface area contributed by atoms with Crippen molar-refractivity contribution in [2.24, 2.45) is 0 Å². The molecule has 0 aliphatic rings. The van der Waals surface area contributed by atoms with Gasteiger partial charge in [0.05, 0.1) is 7.11 Å². The molecule has 2 heterocycles. The van der Waals surface area contributed by atoms with Gasteiger partial charge in [0.2, 0.25) is 5.76 Å². The third kappa shape index (κ3) is 3.00. The first-order chi connectivity index (χ1) is 13.5. The summed E-state index contributed by atoms with van der Waals surface area (Å²) in [5.74, 6) is -0.845. The molecule has 4 aromatic rings. The number of rotatable bonds is 4. The molecule has 0 amide bonds. The second-order valence-electron chi connectivity index (χ2n) is 6.20. The Hall–Kier alpha value is -3.61. The van der Waals surface area contributed by atoms with Crippen LogP contribution in [-0.2, 0) is 11.3 Å². The molecule has 142 valence electrons. The smallest absolute Gasteiger partial charge is 0.374 e. The minimum absolute atomic E-state index is 0.00449. The molecule has 2 aromatic heterocycles. The van der Waals surface area contributed by atoms with Gasteiger partial charge in [0, 0.05) is 34.0 Å². The number of furan rings is 1. The van der Waals surface area contributed by atoms with Crippen molar-refractivity contribution < 1.29 is 27.5 Å². The van der Waals surface area contributed by atoms with Crippen LogP contribution in [0.4, 0.5) is 4.39 Å². The third-order valence-electron chi connectivity index (χ3n) is 4.50. The highest BCUT2D eigenvalue weighted by atomic mass is 19.1. The lowest BCUT2D eigenvalue weighted by molar-refractivity contribution is 0.0438. The van der Waals surface area contributed by atoms with Gasteiger partial charge in [0.25, 0.3) is 0 Å². The molecule has 6 nitrogen and oxygen atoms in total. The van der Waals surface area contributed by atoms with E-state index in [9.17, 15) is 14.0 Å². The lowest BCUT2D eigenvalue weighted by Crippen LogP contribution is -2.08. The second kappa shape index (κ2) is 6.84. The minimum atomic E-state index is -0.747. The van der Waals surface area contributed by atoms with Crippen molar-refractivity contribution in [3.05, 3.63) is 75.6 Å². The molecule has 0 aliphatic heterocycles. The van der Waals surface area contributed by atoms with E-state index in [1.165, 1.54) is 19.2 Å². The summed E-state index contributed by atoms with van der Waals surface area (Å²) < 4.78 is 34.9. The molecule has 0 bridgehead atoms. The van der Waals surface area contributed by atoms with Crippen molar-refractivity contribution in [3.63, 3.8) is 0 Å². The van der Waals surface area contributed by atoms with E-state index in [2.05, 4.69) is 0 Å². The van der Waals surface area contributed by atoms with E-state index in [1.54, 1.807) is 37.3 Å². The third-order valence-corrected chi connectivity index (χ3v) is 4.50. The maximum absolute atomic E-state index is 13.9. The number of benzene rings is 2. The molecular weight excluding hydrogens is 367 g/mol. The van der Waals surface area contributed by atoms with Crippen LogP contribution in [-0.4, -0.2) is 13.1 Å². The van der Waals surface area contributed by atoms with Gasteiger partial charge in [-0.2, -0.15) is 0 Å². The summed E-state index contributed by atoms with van der Waals surface area (Å²) >= 11 is 0. The number of hydrogen-bond acceptors (Lipinski definition) is 6. The van der Waals surface area contributed by atoms with Crippen LogP contribution in [0.2, 0.25) is 0 Å². The number of para-hydroxylation sites is 1. The van der Waals surface area contributed by atoms with Crippen LogP contribution in [0.25, 0.3) is 21.9 Å². The van der Waals surface area contributed by atoms with Gasteiger partial charge in [-0.3, -0.25) is 0 Å². The van der Waals surface area contributed by atoms with Crippen LogP contribution >= 0.6 is 0 Å². The zero-order valence-corrected chi connectivity index (χ0v) is 15.1. The topological polar surface area (TPSA) is 78.9 Å². The molecule has 7 heteroatoms. The summed E-state index contributed by atoms with van der Waals surface area (Å²) in [5, 5.41) is 1.12. The Labute approximate surface area is 158 Å². The first-order valence-corrected chi connectivity index (χ1v) is 8.43. The number of fused-ring (bicyclic) bond motifs is 2. The minimum Gasteiger partial charge on any atom is -0.497 e. The molecule has 0 unspecified atom stereocenters. The summed E-state index contributed by atoms with van der Waals surface area (Å²) in [4.78, 5) is 24.3. The fraction of sp³-hybridized carbons (Fsp3) is 0.143. The van der Waals surface area contributed by atoms with Gasteiger partial charge < -0.3 is 18.3 Å². The van der Waals surface area contributed by atoms with Gasteiger partial charge in [0.1, 0.15) is 17.9 Å². The van der Waals surface area contributed by atoms with E-state index in [-0.39, 0.29) is 18.0 Å². The first kappa shape index (κ1) is 17.8. The molecule has 4 rings (SSSR count). The normalized spacial score (nSPS) is 11.1. The highest BCUT2D eigenvalue weighted by Gasteiger charge is 2.21. The Balaban J connectivity index is 1.65. The van der Waals surface area contributed by atoms with E-state index >= 15 is 0 Å². The van der Waals surface area contributed by atoms with Crippen molar-refractivity contribution in [2.45, 2.75) is 13.5 Å². The highest BCUT2D eigenvalue weighted by molar-refractivity contribution is 5.96. The maximum Gasteiger partial charge on any atom is 0.374 e. The van der Waals surface area contributed by atoms with E-state index in [4.69, 9.17) is 18.3 Å². The molecule has 0 atom stereocenters. The molecule has 0 saturated heterocycles. The largest absolute Gasteiger partial charge is 0.497 e. The number of carbonyl (C=O) groups is 1. The fourth-order valence-corrected chi connectivity index (χ4v) is 3.07. The number of ether oxygens (including phenoxy) is 2. The van der Waals surface area contributed by atoms with Crippen LogP contribution < -0.4 is 10.4 Å². The Bertz CT molecular complexity index is 1270. The van der Waals surface area contributed by atoms with E-state index in [1.807, 2.05) is 0 Å². The van der Waals surface area contributed by atoms with Crippen LogP contribution in [0.15, 0.2) is 56.1 Å². The monoisotopic (exact) mass is 382 g/mol. The second-order valence-corrected chi connectivity index (χ2v) is 6.20. The van der Waals surface area contributed by atoms with Gasteiger partial charge in [-0.1, -0.05) is 12.1 Å². The first-order valence-electron chi connectivity index (χ1n) is 8.43. The highest BCUT2D eigenvalue weighted by Crippen LogP contribution is 2.28. The molecule has 0 N–H and O–H groups in total. The average molecular weight is 382 g/mol. The van der Waals surface area contributed by atoms with Gasteiger partial charge in [-0.25, -0.2) is 14.0 Å². The Morgan fingerprint density at radius 3 is 2.68 bits per heavy atom. The Morgan fingerprint density at radius 1 is 1.11 bits per heavy atom. The molecule has 0 saturated carbocycles. The van der Waals surface area contributed by atoms with Gasteiger partial charge in [-0.15, -0.1) is 0 Å². The van der Waals surface area contributed by atoms with Crippen molar-refractivity contribution in [1.29, 1.82) is 0 Å². The summed E-state index contributed by atoms with van der Waals surface area (Å²) in [5.41, 5.74) is 0.711. The van der Waals surface area contributed by atoms with Crippen LogP contribution in [0.5, 0.6) is 5.75 Å². The summed E-state index contributed by atoms with van der Waals surface area (Å²) in [6, 6.07) is 10.7. The van der Waals surface area contributed by atoms with Crippen LogP contribution in [0.3, 0.4) is 0 Å². The number of esters is 1. The zero-order chi connectivity index (χ0) is 19.8. The standard InChI is InChI=1S/C21H15FO6/c1-11-14-4-3-5-16(22)20(14)28-19(11)21(24)26-10-12-8-18(23)27-17-9-13(25-2)6-7-15(12)17/h3-9H,10H2,1-2H3. The molecule has 2 aromatic carbocycles. The van der Waals surface area contributed by atoms with E-state index in [0.29, 0.717) is 33.2 Å². The quantitative estimate of drug-likeness (QED) is 0.386. The summed E-state index contributed by atoms with van der Waals surface area (Å²) in [7, 11) is 1.50. The number of methoxy groups -OCH3 is 1.